The van der Waals surface area contributed by atoms with Crippen LogP contribution in [0.3, 0.4) is 0 Å². The lowest BCUT2D eigenvalue weighted by Crippen LogP contribution is -2.58. The molecule has 0 spiro atoms. The molecule has 4 aliphatic heterocycles. The van der Waals surface area contributed by atoms with E-state index in [4.69, 9.17) is 21.4 Å². The molecule has 4 aliphatic rings. The first-order valence-electron chi connectivity index (χ1n) is 17.9. The number of anilines is 2. The Balaban J connectivity index is 1.21. The Morgan fingerprint density at radius 1 is 1.14 bits per heavy atom. The van der Waals surface area contributed by atoms with Crippen LogP contribution in [0.4, 0.5) is 20.3 Å². The zero-order valence-electron chi connectivity index (χ0n) is 29.3. The van der Waals surface area contributed by atoms with Crippen LogP contribution in [0.2, 0.25) is 0 Å². The normalized spacial score (nSPS) is 19.1. The van der Waals surface area contributed by atoms with Crippen LogP contribution in [0.25, 0.3) is 16.8 Å². The summed E-state index contributed by atoms with van der Waals surface area (Å²) in [6.45, 7) is 6.39. The van der Waals surface area contributed by atoms with Gasteiger partial charge in [-0.1, -0.05) is 0 Å². The Morgan fingerprint density at radius 3 is 2.69 bits per heavy atom. The number of rotatable bonds is 8. The zero-order valence-corrected chi connectivity index (χ0v) is 29.3. The van der Waals surface area contributed by atoms with Crippen LogP contribution < -0.4 is 16.5 Å². The van der Waals surface area contributed by atoms with Gasteiger partial charge in [0.25, 0.3) is 6.43 Å². The van der Waals surface area contributed by atoms with E-state index in [2.05, 4.69) is 19.5 Å². The van der Waals surface area contributed by atoms with E-state index in [1.807, 2.05) is 40.9 Å². The van der Waals surface area contributed by atoms with Gasteiger partial charge in [-0.05, 0) is 73.2 Å². The molecule has 1 aromatic carbocycles. The number of ether oxygens (including phenoxy) is 1. The summed E-state index contributed by atoms with van der Waals surface area (Å²) >= 11 is 0. The number of amides is 1. The van der Waals surface area contributed by atoms with E-state index in [0.29, 0.717) is 68.2 Å². The monoisotopic (exact) mass is 700 g/mol. The van der Waals surface area contributed by atoms with Gasteiger partial charge < -0.3 is 34.6 Å². The number of alkyl halides is 2. The summed E-state index contributed by atoms with van der Waals surface area (Å²) in [5, 5.41) is 6.88. The van der Waals surface area contributed by atoms with Gasteiger partial charge in [0, 0.05) is 112 Å². The molecule has 2 fully saturated rings. The number of halogens is 2. The van der Waals surface area contributed by atoms with Gasteiger partial charge in [-0.3, -0.25) is 9.48 Å². The number of hydrazine groups is 1. The highest BCUT2D eigenvalue weighted by Crippen LogP contribution is 2.44. The van der Waals surface area contributed by atoms with E-state index < -0.39 is 6.43 Å². The van der Waals surface area contributed by atoms with Gasteiger partial charge in [-0.25, -0.2) is 19.6 Å². The molecule has 7 heterocycles. The number of nitrogens with two attached hydrogens (primary N) is 2. The maximum absolute atomic E-state index is 15.3. The first-order chi connectivity index (χ1) is 24.6. The van der Waals surface area contributed by atoms with E-state index >= 15 is 8.78 Å². The number of allylic oxidation sites excluding steroid dienone is 1. The van der Waals surface area contributed by atoms with Crippen LogP contribution in [0.5, 0.6) is 0 Å². The minimum absolute atomic E-state index is 0.0182. The minimum atomic E-state index is -2.73. The number of nitrogens with zero attached hydrogens (tertiary/aromatic N) is 8. The number of benzene rings is 1. The van der Waals surface area contributed by atoms with Crippen molar-refractivity contribution in [3.8, 4) is 11.1 Å². The smallest absolute Gasteiger partial charge is 0.264 e. The fourth-order valence-electron chi connectivity index (χ4n) is 8.24. The molecule has 0 aliphatic carbocycles. The molecule has 14 heteroatoms. The molecule has 12 nitrogen and oxygen atoms in total. The van der Waals surface area contributed by atoms with Gasteiger partial charge in [-0.2, -0.15) is 5.10 Å². The Kier molecular flexibility index (Phi) is 8.93. The highest BCUT2D eigenvalue weighted by molar-refractivity contribution is 5.80. The fourth-order valence-corrected chi connectivity index (χ4v) is 8.24. The summed E-state index contributed by atoms with van der Waals surface area (Å²) in [4.78, 5) is 23.1. The average molecular weight is 701 g/mol. The number of carbonyl (C=O) groups is 1. The highest BCUT2D eigenvalue weighted by Gasteiger charge is 2.34. The van der Waals surface area contributed by atoms with E-state index in [0.717, 1.165) is 72.7 Å². The molecule has 0 bridgehead atoms. The number of carbonyl (C=O) groups excluding carboxylic acids is 1. The number of pyridine rings is 1. The lowest BCUT2D eigenvalue weighted by molar-refractivity contribution is -0.129. The minimum Gasteiger partial charge on any atom is -0.401 e. The van der Waals surface area contributed by atoms with Gasteiger partial charge >= 0.3 is 0 Å². The molecule has 0 unspecified atom stereocenters. The number of fused-ring (bicyclic) bond motifs is 3. The Bertz CT molecular complexity index is 1980. The van der Waals surface area contributed by atoms with Crippen molar-refractivity contribution >= 4 is 23.1 Å². The number of aryl methyl sites for hydroxylation is 1. The van der Waals surface area contributed by atoms with E-state index in [-0.39, 0.29) is 23.6 Å². The van der Waals surface area contributed by atoms with Gasteiger partial charge in [0.2, 0.25) is 5.91 Å². The first kappa shape index (κ1) is 33.6. The number of hydrogen-bond acceptors (Lipinski definition) is 9. The molecule has 4 N–H and O–H groups in total. The van der Waals surface area contributed by atoms with E-state index in [1.54, 1.807) is 30.4 Å². The summed E-state index contributed by atoms with van der Waals surface area (Å²) in [7, 11) is 2.04. The van der Waals surface area contributed by atoms with Gasteiger partial charge in [-0.15, -0.1) is 0 Å². The molecule has 1 amide bonds. The summed E-state index contributed by atoms with van der Waals surface area (Å²) < 4.78 is 40.2. The maximum atomic E-state index is 15.3. The van der Waals surface area contributed by atoms with Crippen LogP contribution in [0, 0.1) is 0 Å². The molecule has 2 saturated heterocycles. The van der Waals surface area contributed by atoms with Gasteiger partial charge in [0.05, 0.1) is 18.6 Å². The third kappa shape index (κ3) is 6.33. The van der Waals surface area contributed by atoms with Crippen molar-refractivity contribution in [1.82, 2.24) is 34.0 Å². The largest absolute Gasteiger partial charge is 0.401 e. The predicted molar refractivity (Wildman–Crippen MR) is 190 cm³/mol. The topological polar surface area (TPSA) is 126 Å². The van der Waals surface area contributed by atoms with Crippen LogP contribution in [-0.2, 0) is 35.3 Å². The second-order valence-corrected chi connectivity index (χ2v) is 14.5. The van der Waals surface area contributed by atoms with Crippen molar-refractivity contribution in [3.63, 3.8) is 0 Å². The van der Waals surface area contributed by atoms with Crippen molar-refractivity contribution in [2.24, 2.45) is 11.6 Å². The molecule has 3 aromatic heterocycles. The maximum Gasteiger partial charge on any atom is 0.264 e. The zero-order chi connectivity index (χ0) is 35.4. The summed E-state index contributed by atoms with van der Waals surface area (Å²) in [6, 6.07) is 5.85. The Morgan fingerprint density at radius 2 is 1.94 bits per heavy atom. The summed E-state index contributed by atoms with van der Waals surface area (Å²) in [6.07, 6.45) is 8.82. The molecule has 0 atom stereocenters. The van der Waals surface area contributed by atoms with Crippen LogP contribution in [-0.4, -0.2) is 92.4 Å². The van der Waals surface area contributed by atoms with Crippen LogP contribution in [0.15, 0.2) is 48.7 Å². The second kappa shape index (κ2) is 13.5. The number of likely N-dealkylation sites (tertiary alicyclic amines) is 1. The highest BCUT2D eigenvalue weighted by atomic mass is 19.3. The molecular formula is C37H46F2N10O2. The summed E-state index contributed by atoms with van der Waals surface area (Å²) in [5.41, 5.74) is 13.5. The van der Waals surface area contributed by atoms with Crippen molar-refractivity contribution in [2.75, 3.05) is 51.3 Å². The third-order valence-electron chi connectivity index (χ3n) is 11.0. The van der Waals surface area contributed by atoms with Crippen molar-refractivity contribution in [1.29, 1.82) is 0 Å². The van der Waals surface area contributed by atoms with Gasteiger partial charge in [0.15, 0.2) is 5.82 Å². The fraction of sp³-hybridized carbons (Fsp3) is 0.486. The summed E-state index contributed by atoms with van der Waals surface area (Å²) in [5.74, 6) is 7.11. The lowest BCUT2D eigenvalue weighted by Gasteiger charge is -2.41. The SMILES string of the molecule is CC(=O)N1CCc2c(c(N3CCCc4cc(-c5cc6nccn6cc5C/C(N)=C/N(N)C5CN(C)C5)c(C(F)F)cc43)nn2C2CCOCC2)C1. The molecule has 51 heavy (non-hydrogen) atoms. The predicted octanol–water partition coefficient (Wildman–Crippen LogP) is 4.31. The van der Waals surface area contributed by atoms with E-state index in [9.17, 15) is 4.79 Å². The van der Waals surface area contributed by atoms with Crippen LogP contribution in [0.1, 0.15) is 66.6 Å². The Labute approximate surface area is 296 Å². The molecule has 0 saturated carbocycles. The quantitative estimate of drug-likeness (QED) is 0.204. The number of imidazole rings is 1. The van der Waals surface area contributed by atoms with Crippen molar-refractivity contribution in [3.05, 3.63) is 76.6 Å². The average Bonchev–Trinajstić information content (AvgIpc) is 3.73. The molecular weight excluding hydrogens is 654 g/mol. The van der Waals surface area contributed by atoms with E-state index in [1.165, 1.54) is 0 Å². The lowest BCUT2D eigenvalue weighted by atomic mass is 9.89. The molecule has 4 aromatic rings. The van der Waals surface area contributed by atoms with Gasteiger partial charge in [0.1, 0.15) is 5.65 Å². The van der Waals surface area contributed by atoms with Crippen molar-refractivity contribution < 1.29 is 18.3 Å². The molecule has 0 radical (unpaired) electrons. The second-order valence-electron chi connectivity index (χ2n) is 14.5. The Hall–Kier alpha value is -4.53. The number of aromatic nitrogens is 4. The molecule has 270 valence electrons. The van der Waals surface area contributed by atoms with Crippen LogP contribution >= 0.6 is 0 Å². The molecule has 8 rings (SSSR count). The number of likely N-dealkylation sites (N-methyl/N-ethyl adjacent to an activating group) is 1. The number of hydrogen-bond donors (Lipinski definition) is 2. The third-order valence-corrected chi connectivity index (χ3v) is 11.0. The first-order valence-corrected chi connectivity index (χ1v) is 17.9. The standard InChI is InChI=1S/C37H46F2N10O2/c1-23(50)45-10-5-33-32(22-45)37(43-49(33)27-6-12-51-13-7-27)47-9-3-4-24-15-30(31(36(38)39)16-34(24)47)29-17-35-42-8-11-46(35)18-25(29)14-26(40)19-48(41)28-20-44(2)21-28/h8,11,15-19,27-28,36H,3-7,9-10,12-14,20-22,40-41H2,1-2H3/b26-19-. The van der Waals surface area contributed by atoms with Crippen molar-refractivity contribution in [2.45, 2.75) is 70.5 Å².